The van der Waals surface area contributed by atoms with E-state index < -0.39 is 0 Å². The maximum absolute atomic E-state index is 11.9. The first-order chi connectivity index (χ1) is 9.56. The molecule has 1 amide bonds. The maximum Gasteiger partial charge on any atom is 0.271 e. The fourth-order valence-corrected chi connectivity index (χ4v) is 2.57. The molecule has 0 aliphatic rings. The van der Waals surface area contributed by atoms with Crippen molar-refractivity contribution in [3.05, 3.63) is 56.7 Å². The van der Waals surface area contributed by atoms with Crippen molar-refractivity contribution in [2.45, 2.75) is 19.8 Å². The minimum absolute atomic E-state index is 0.223. The fourth-order valence-electron chi connectivity index (χ4n) is 1.64. The van der Waals surface area contributed by atoms with Crippen molar-refractivity contribution in [3.63, 3.8) is 0 Å². The molecule has 0 atom stereocenters. The average Bonchev–Trinajstić information content (AvgIpc) is 2.84. The van der Waals surface area contributed by atoms with Crippen LogP contribution in [0.25, 0.3) is 0 Å². The van der Waals surface area contributed by atoms with E-state index in [4.69, 9.17) is 11.6 Å². The first-order valence-electron chi connectivity index (χ1n) is 6.25. The van der Waals surface area contributed by atoms with E-state index in [9.17, 15) is 4.79 Å². The number of hydrogen-bond acceptors (Lipinski definition) is 3. The lowest BCUT2D eigenvalue weighted by atomic mass is 10.0. The number of carbonyl (C=O) groups excluding carboxylic acids is 1. The highest BCUT2D eigenvalue weighted by molar-refractivity contribution is 7.17. The molecule has 3 nitrogen and oxygen atoms in total. The number of hydrogen-bond donors (Lipinski definition) is 1. The van der Waals surface area contributed by atoms with Crippen LogP contribution in [0.4, 0.5) is 0 Å². The van der Waals surface area contributed by atoms with Gasteiger partial charge in [-0.3, -0.25) is 4.79 Å². The summed E-state index contributed by atoms with van der Waals surface area (Å²) in [6, 6.07) is 11.2. The van der Waals surface area contributed by atoms with E-state index in [-0.39, 0.29) is 5.91 Å². The van der Waals surface area contributed by atoms with Gasteiger partial charge in [0.2, 0.25) is 0 Å². The van der Waals surface area contributed by atoms with Gasteiger partial charge in [0.25, 0.3) is 5.91 Å². The van der Waals surface area contributed by atoms with Gasteiger partial charge in [0.05, 0.1) is 10.6 Å². The van der Waals surface area contributed by atoms with Crippen molar-refractivity contribution in [1.29, 1.82) is 0 Å². The highest BCUT2D eigenvalue weighted by Crippen LogP contribution is 2.19. The monoisotopic (exact) mass is 306 g/mol. The topological polar surface area (TPSA) is 41.5 Å². The summed E-state index contributed by atoms with van der Waals surface area (Å²) in [5.74, 6) is 0.230. The highest BCUT2D eigenvalue weighted by atomic mass is 35.5. The van der Waals surface area contributed by atoms with Crippen molar-refractivity contribution in [3.8, 4) is 0 Å². The van der Waals surface area contributed by atoms with Crippen LogP contribution in [-0.4, -0.2) is 12.1 Å². The van der Waals surface area contributed by atoms with Gasteiger partial charge in [0.1, 0.15) is 0 Å². The quantitative estimate of drug-likeness (QED) is 0.664. The molecule has 0 fully saturated rings. The van der Waals surface area contributed by atoms with E-state index in [1.807, 2.05) is 30.3 Å². The van der Waals surface area contributed by atoms with Crippen LogP contribution < -0.4 is 5.43 Å². The van der Waals surface area contributed by atoms with Gasteiger partial charge in [-0.15, -0.1) is 11.3 Å². The van der Waals surface area contributed by atoms with Crippen LogP contribution in [0.1, 0.15) is 40.6 Å². The number of carbonyl (C=O) groups is 1. The summed E-state index contributed by atoms with van der Waals surface area (Å²) in [6.45, 7) is 4.23. The summed E-state index contributed by atoms with van der Waals surface area (Å²) in [5.41, 5.74) is 4.30. The second-order valence-electron chi connectivity index (χ2n) is 4.62. The zero-order valence-electron chi connectivity index (χ0n) is 11.3. The average molecular weight is 307 g/mol. The predicted octanol–water partition coefficient (Wildman–Crippen LogP) is 4.29. The number of amides is 1. The van der Waals surface area contributed by atoms with Crippen LogP contribution in [0.15, 0.2) is 41.5 Å². The molecule has 20 heavy (non-hydrogen) atoms. The third kappa shape index (κ3) is 3.92. The number of halogens is 1. The molecule has 0 spiro atoms. The Labute approximate surface area is 127 Å². The molecular weight excluding hydrogens is 292 g/mol. The molecule has 104 valence electrons. The lowest BCUT2D eigenvalue weighted by Gasteiger charge is -2.05. The van der Waals surface area contributed by atoms with Gasteiger partial charge in [-0.05, 0) is 35.7 Å². The van der Waals surface area contributed by atoms with Crippen LogP contribution in [0.2, 0.25) is 4.34 Å². The molecule has 2 aromatic rings. The number of thiophene rings is 1. The Hall–Kier alpha value is -1.65. The van der Waals surface area contributed by atoms with Gasteiger partial charge in [0, 0.05) is 10.4 Å². The van der Waals surface area contributed by atoms with E-state index in [0.29, 0.717) is 15.8 Å². The molecule has 5 heteroatoms. The zero-order valence-corrected chi connectivity index (χ0v) is 12.8. The molecular formula is C15H15ClN2OS. The maximum atomic E-state index is 11.9. The fraction of sp³-hybridized carbons (Fsp3) is 0.200. The van der Waals surface area contributed by atoms with Crippen LogP contribution in [-0.2, 0) is 0 Å². The second-order valence-corrected chi connectivity index (χ2v) is 6.36. The summed E-state index contributed by atoms with van der Waals surface area (Å²) < 4.78 is 0.696. The third-order valence-corrected chi connectivity index (χ3v) is 3.96. The summed E-state index contributed by atoms with van der Waals surface area (Å²) >= 11 is 7.21. The van der Waals surface area contributed by atoms with E-state index in [0.717, 1.165) is 4.88 Å². The minimum Gasteiger partial charge on any atom is -0.267 e. The molecule has 0 saturated carbocycles. The van der Waals surface area contributed by atoms with E-state index >= 15 is 0 Å². The van der Waals surface area contributed by atoms with Crippen LogP contribution in [0.3, 0.4) is 0 Å². The predicted molar refractivity (Wildman–Crippen MR) is 84.9 cm³/mol. The minimum atomic E-state index is -0.223. The van der Waals surface area contributed by atoms with Crippen molar-refractivity contribution < 1.29 is 4.79 Å². The summed E-state index contributed by atoms with van der Waals surface area (Å²) in [5, 5.41) is 3.92. The summed E-state index contributed by atoms with van der Waals surface area (Å²) in [7, 11) is 0. The van der Waals surface area contributed by atoms with Gasteiger partial charge in [-0.1, -0.05) is 37.6 Å². The number of nitrogens with one attached hydrogen (secondary N) is 1. The molecule has 0 bridgehead atoms. The van der Waals surface area contributed by atoms with Crippen LogP contribution in [0.5, 0.6) is 0 Å². The Bertz CT molecular complexity index is 617. The van der Waals surface area contributed by atoms with Crippen LogP contribution >= 0.6 is 22.9 Å². The number of rotatable bonds is 4. The normalized spacial score (nSPS) is 11.2. The molecule has 0 aliphatic carbocycles. The van der Waals surface area contributed by atoms with Gasteiger partial charge in [-0.2, -0.15) is 5.10 Å². The van der Waals surface area contributed by atoms with Gasteiger partial charge in [-0.25, -0.2) is 5.43 Å². The highest BCUT2D eigenvalue weighted by Gasteiger charge is 2.05. The lowest BCUT2D eigenvalue weighted by molar-refractivity contribution is 0.0955. The summed E-state index contributed by atoms with van der Waals surface area (Å²) in [6.07, 6.45) is 1.58. The summed E-state index contributed by atoms with van der Waals surface area (Å²) in [4.78, 5) is 12.8. The Balaban J connectivity index is 1.96. The SMILES string of the molecule is CC(C)c1ccc(C(=O)NN=Cc2ccc(Cl)s2)cc1. The number of benzene rings is 1. The number of nitrogens with zero attached hydrogens (tertiary/aromatic N) is 1. The van der Waals surface area contributed by atoms with Crippen molar-refractivity contribution >= 4 is 35.1 Å². The van der Waals surface area contributed by atoms with Gasteiger partial charge < -0.3 is 0 Å². The lowest BCUT2D eigenvalue weighted by Crippen LogP contribution is -2.17. The van der Waals surface area contributed by atoms with E-state index in [1.54, 1.807) is 12.3 Å². The van der Waals surface area contributed by atoms with Gasteiger partial charge in [0.15, 0.2) is 0 Å². The molecule has 0 saturated heterocycles. The van der Waals surface area contributed by atoms with Crippen molar-refractivity contribution in [2.75, 3.05) is 0 Å². The Kier molecular flexibility index (Phi) is 4.93. The molecule has 1 heterocycles. The Morgan fingerprint density at radius 2 is 1.95 bits per heavy atom. The smallest absolute Gasteiger partial charge is 0.267 e. The Morgan fingerprint density at radius 1 is 1.25 bits per heavy atom. The first-order valence-corrected chi connectivity index (χ1v) is 7.44. The molecule has 2 rings (SSSR count). The van der Waals surface area contributed by atoms with Crippen molar-refractivity contribution in [2.24, 2.45) is 5.10 Å². The third-order valence-electron chi connectivity index (χ3n) is 2.79. The molecule has 0 unspecified atom stereocenters. The van der Waals surface area contributed by atoms with Crippen molar-refractivity contribution in [1.82, 2.24) is 5.43 Å². The van der Waals surface area contributed by atoms with Crippen LogP contribution in [0, 0.1) is 0 Å². The Morgan fingerprint density at radius 3 is 2.50 bits per heavy atom. The standard InChI is InChI=1S/C15H15ClN2OS/c1-10(2)11-3-5-12(6-4-11)15(19)18-17-9-13-7-8-14(16)20-13/h3-10H,1-2H3,(H,18,19). The van der Waals surface area contributed by atoms with Gasteiger partial charge >= 0.3 is 0 Å². The molecule has 1 N–H and O–H groups in total. The molecule has 0 aliphatic heterocycles. The number of hydrazone groups is 1. The largest absolute Gasteiger partial charge is 0.271 e. The molecule has 0 radical (unpaired) electrons. The second kappa shape index (κ2) is 6.68. The zero-order chi connectivity index (χ0) is 14.5. The molecule has 1 aromatic carbocycles. The molecule has 1 aromatic heterocycles. The first kappa shape index (κ1) is 14.8. The van der Waals surface area contributed by atoms with E-state index in [1.165, 1.54) is 16.9 Å². The van der Waals surface area contributed by atoms with E-state index in [2.05, 4.69) is 24.4 Å².